The molecule has 0 saturated carbocycles. The number of carboxylic acids is 1. The Balaban J connectivity index is 0.00000500. The molecule has 0 aliphatic heterocycles. The van der Waals surface area contributed by atoms with E-state index in [-0.39, 0.29) is 128 Å². The number of carbonyl (C=O) groups excluding carboxylic acids is 7. The number of nitrogens with two attached hydrogens (primary N) is 4. The minimum atomic E-state index is -1.11. The molecule has 8 atom stereocenters. The molecule has 87 heavy (non-hydrogen) atoms. The van der Waals surface area contributed by atoms with Crippen LogP contribution in [0, 0.1) is 35.5 Å². The van der Waals surface area contributed by atoms with Crippen LogP contribution >= 0.6 is 20.1 Å². The number of hydrogen-bond acceptors (Lipinski definition) is 13. The summed E-state index contributed by atoms with van der Waals surface area (Å²) in [6.07, 6.45) is 5.36. The molecule has 1 heterocycles. The Hall–Kier alpha value is -4.84. The molecule has 3 aromatic carbocycles. The van der Waals surface area contributed by atoms with E-state index in [9.17, 15) is 48.6 Å². The number of amides is 4. The summed E-state index contributed by atoms with van der Waals surface area (Å²) < 4.78 is 0. The molecule has 0 aliphatic carbocycles. The number of aromatic amines is 1. The van der Waals surface area contributed by atoms with Crippen LogP contribution in [0.2, 0.25) is 0 Å². The molecule has 4 rings (SSSR count). The van der Waals surface area contributed by atoms with E-state index >= 15 is 0 Å². The Morgan fingerprint density at radius 1 is 0.667 bits per heavy atom. The zero-order valence-corrected chi connectivity index (χ0v) is 56.2. The number of para-hydroxylation sites is 1. The number of phenolic OH excluding ortho intramolecular Hbond substituents is 1. The first kappa shape index (κ1) is 78.3. The molecule has 0 bridgehead atoms. The summed E-state index contributed by atoms with van der Waals surface area (Å²) in [4.78, 5) is 120. The van der Waals surface area contributed by atoms with Crippen LogP contribution in [0.4, 0.5) is 0 Å². The van der Waals surface area contributed by atoms with Gasteiger partial charge in [0.25, 0.3) is 0 Å². The summed E-state index contributed by atoms with van der Waals surface area (Å²) in [5.41, 5.74) is 25.7. The fourth-order valence-electron chi connectivity index (χ4n) is 10.0. The van der Waals surface area contributed by atoms with Crippen LogP contribution in [0.15, 0.2) is 90.1 Å². The molecule has 15 N–H and O–H groups in total. The average Bonchev–Trinajstić information content (AvgIpc) is 2.69. The number of carboxylic acid groups (broad SMARTS) is 1. The van der Waals surface area contributed by atoms with Crippen molar-refractivity contribution in [1.82, 2.24) is 26.3 Å². The van der Waals surface area contributed by atoms with Gasteiger partial charge in [-0.1, -0.05) is 94.8 Å². The number of ketones is 3. The van der Waals surface area contributed by atoms with Gasteiger partial charge < -0.3 is 67.7 Å². The quantitative estimate of drug-likeness (QED) is 0.00991. The van der Waals surface area contributed by atoms with Crippen molar-refractivity contribution in [3.8, 4) is 5.75 Å². The molecule has 463 valence electrons. The summed E-state index contributed by atoms with van der Waals surface area (Å²) in [6.45, 7) is 9.15. The Morgan fingerprint density at radius 3 is 1.84 bits per heavy atom. The number of aliphatic imine (C=N–C) groups is 1. The van der Waals surface area contributed by atoms with Crippen molar-refractivity contribution in [1.29, 1.82) is 0 Å². The summed E-state index contributed by atoms with van der Waals surface area (Å²) in [6, 6.07) is 19.0. The molecule has 26 heteroatoms. The zero-order chi connectivity index (χ0) is 63.7. The second-order valence-electron chi connectivity index (χ2n) is 22.3. The van der Waals surface area contributed by atoms with E-state index in [2.05, 4.69) is 31.2 Å². The summed E-state index contributed by atoms with van der Waals surface area (Å²) >= 11 is 1.47. The number of benzene rings is 3. The van der Waals surface area contributed by atoms with Gasteiger partial charge in [-0.2, -0.15) is 26.2 Å². The number of thioether (sulfide) groups is 1. The van der Waals surface area contributed by atoms with Crippen LogP contribution in [0.3, 0.4) is 0 Å². The van der Waals surface area contributed by atoms with Crippen LogP contribution in [0.25, 0.3) is 10.9 Å². The monoisotopic (exact) mass is 1260 g/mol. The van der Waals surface area contributed by atoms with E-state index in [1.807, 2.05) is 60.9 Å². The molecular weight excluding hydrogens is 1170 g/mol. The maximum absolute atomic E-state index is 14.7. The smallest absolute Gasteiger partial charge is 0.634 e. The molecule has 0 saturated heterocycles. The number of phenols is 1. The van der Waals surface area contributed by atoms with Gasteiger partial charge in [0.05, 0.1) is 30.5 Å². The fourth-order valence-corrected chi connectivity index (χ4v) is 10.5. The first-order valence-electron chi connectivity index (χ1n) is 29.3. The third-order valence-corrected chi connectivity index (χ3v) is 15.7. The van der Waals surface area contributed by atoms with Gasteiger partial charge in [0.1, 0.15) is 5.75 Å². The number of unbranched alkanes of at least 4 members (excludes halogenated alkanes) is 1. The number of aromatic nitrogens is 1. The summed E-state index contributed by atoms with van der Waals surface area (Å²) in [5, 5.41) is 32.4. The average molecular weight is 1260 g/mol. The van der Waals surface area contributed by atoms with Crippen molar-refractivity contribution in [2.75, 3.05) is 31.6 Å². The minimum absolute atomic E-state index is 0. The van der Waals surface area contributed by atoms with Crippen LogP contribution in [0.5, 0.6) is 5.75 Å². The number of rotatable bonds is 40. The van der Waals surface area contributed by atoms with E-state index in [4.69, 9.17) is 38.2 Å². The third-order valence-electron chi connectivity index (χ3n) is 14.9. The second kappa shape index (κ2) is 43.0. The number of Topliss-reactive ketones (excluding diaryl/α,β-unsaturated/α-hetero) is 3. The molecule has 20 nitrogen and oxygen atoms in total. The zero-order valence-electron chi connectivity index (χ0n) is 51.4. The van der Waals surface area contributed by atoms with E-state index in [1.54, 1.807) is 46.0 Å². The van der Waals surface area contributed by atoms with Crippen molar-refractivity contribution in [2.45, 2.75) is 135 Å². The number of aromatic hydroxyl groups is 1. The fraction of sp³-hybridized carbons (Fsp3) is 0.525. The number of aliphatic carboxylic acids is 1. The number of H-pyrrole nitrogens is 1. The van der Waals surface area contributed by atoms with Crippen LogP contribution < -0.4 is 95.6 Å². The van der Waals surface area contributed by atoms with Gasteiger partial charge in [0, 0.05) is 73.2 Å². The topological polar surface area (TPSA) is 357 Å². The summed E-state index contributed by atoms with van der Waals surface area (Å²) in [5.74, 6) is -8.56. The van der Waals surface area contributed by atoms with E-state index in [1.165, 1.54) is 30.8 Å². The summed E-state index contributed by atoms with van der Waals surface area (Å²) in [7, 11) is 10.2. The van der Waals surface area contributed by atoms with Crippen molar-refractivity contribution in [3.63, 3.8) is 0 Å². The Morgan fingerprint density at radius 2 is 1.25 bits per heavy atom. The predicted molar refractivity (Wildman–Crippen MR) is 345 cm³/mol. The van der Waals surface area contributed by atoms with Crippen LogP contribution in [0.1, 0.15) is 109 Å². The van der Waals surface area contributed by atoms with Gasteiger partial charge in [-0.25, -0.2) is 0 Å². The largest absolute Gasteiger partial charge is 1.00 e. The van der Waals surface area contributed by atoms with Crippen LogP contribution in [-0.2, 0) is 57.6 Å². The number of carbonyl (C=O) groups is 8. The van der Waals surface area contributed by atoms with Gasteiger partial charge in [-0.15, -0.1) is 0 Å². The number of guanidine groups is 1. The van der Waals surface area contributed by atoms with Gasteiger partial charge in [0.15, 0.2) is 23.3 Å². The standard InChI is InChI=1S/C61H88N10O10S.B3P.K/c1-37(2)48(60(81)69-50(24-27-82-5)52(73)32-43(30-44-36-67-49-19-10-9-18-47(44)49)58(79)68-45(33-55(76)77)17-11-12-25-62)34-54(75)56(38(3)4)71-59(80)42(28-40-20-22-46(72)23-21-40)31-53(74)51(29-39-14-7-6-8-15-39)70-57(78)41(35-63)16-13-26-66-61(64)65;1-3-4-2;/h6-10,14-15,18-23,36-38,41-43,45,48,50-51,56,67,72H,11-13,16-17,24-35,62-63H2,1-5H3,(H,68,79)(H,69,81)(H,70,78)(H,71,80)(H,76,77)(H4,64,65,66);;/q;-1;+1/t41-,42-,43-,45+,48+,50+,51+,56+;;/m1../s1. The Bertz CT molecular complexity index is 2800. The molecule has 4 amide bonds. The first-order chi connectivity index (χ1) is 41.0. The number of nitrogens with one attached hydrogen (secondary N) is 5. The second-order valence-corrected chi connectivity index (χ2v) is 23.9. The molecule has 0 fully saturated rings. The molecule has 5 radical (unpaired) electrons. The normalized spacial score (nSPS) is 13.9. The van der Waals surface area contributed by atoms with Gasteiger partial charge >= 0.3 is 57.4 Å². The van der Waals surface area contributed by atoms with Crippen LogP contribution in [-0.4, -0.2) is 146 Å². The predicted octanol–water partition coefficient (Wildman–Crippen LogP) is 1.59. The van der Waals surface area contributed by atoms with Gasteiger partial charge in [0.2, 0.25) is 23.6 Å². The van der Waals surface area contributed by atoms with Crippen molar-refractivity contribution >= 4 is 106 Å². The number of nitrogens with zero attached hydrogens (tertiary/aromatic N) is 1. The molecule has 0 spiro atoms. The Labute approximate surface area is 565 Å². The SMILES string of the molecule is CSCC[C@H](NC(=O)[C@@H](CC(=O)[C@@H](NC(=O)[C@@H](CC(=O)[C@H](Cc1ccccc1)NC(=O)[C@@H](CN)CCCN=C(N)N)Cc1ccc(O)cc1)C(C)C)C(C)C)C(=O)C[C@@H](Cc1c[nH]c2ccccc12)C(=O)N[C@@H](CCCCN)CC(=O)O.[B][B][P-][B].[K+]. The molecule has 1 aromatic heterocycles. The molecular formula is C61H88B3KN10O10PS. The molecule has 4 aromatic rings. The molecule has 0 unspecified atom stereocenters. The van der Waals surface area contributed by atoms with Crippen molar-refractivity contribution < 1.29 is 100.0 Å². The maximum Gasteiger partial charge on any atom is 1.00 e. The van der Waals surface area contributed by atoms with Crippen molar-refractivity contribution in [3.05, 3.63) is 102 Å². The van der Waals surface area contributed by atoms with E-state index < -0.39 is 107 Å². The van der Waals surface area contributed by atoms with Crippen molar-refractivity contribution in [2.24, 2.45) is 63.4 Å². The van der Waals surface area contributed by atoms with E-state index in [0.717, 1.165) is 22.0 Å². The van der Waals surface area contributed by atoms with E-state index in [0.29, 0.717) is 58.3 Å². The molecule has 0 aliphatic rings. The first-order valence-corrected chi connectivity index (χ1v) is 31.7. The van der Waals surface area contributed by atoms with Gasteiger partial charge in [-0.3, -0.25) is 43.3 Å². The number of fused-ring (bicyclic) bond motifs is 1. The number of hydrogen-bond donors (Lipinski definition) is 11. The Kier molecular flexibility index (Phi) is 38.7. The van der Waals surface area contributed by atoms with Gasteiger partial charge in [-0.05, 0) is 124 Å². The third kappa shape index (κ3) is 29.1. The maximum atomic E-state index is 14.7. The minimum Gasteiger partial charge on any atom is -0.634 e.